The Morgan fingerprint density at radius 3 is 1.90 bits per heavy atom. The van der Waals surface area contributed by atoms with Gasteiger partial charge in [-0.1, -0.05) is 75.7 Å². The van der Waals surface area contributed by atoms with E-state index in [1.54, 1.807) is 6.07 Å². The predicted molar refractivity (Wildman–Crippen MR) is 164 cm³/mol. The summed E-state index contributed by atoms with van der Waals surface area (Å²) in [6, 6.07) is 2.92. The van der Waals surface area contributed by atoms with Gasteiger partial charge in [-0.05, 0) is 48.4 Å². The highest BCUT2D eigenvalue weighted by atomic mass is 35.5. The van der Waals surface area contributed by atoms with Crippen molar-refractivity contribution in [3.8, 4) is 0 Å². The van der Waals surface area contributed by atoms with Gasteiger partial charge in [-0.25, -0.2) is 0 Å². The fourth-order valence-corrected chi connectivity index (χ4v) is 14.6. The van der Waals surface area contributed by atoms with Gasteiger partial charge in [0, 0.05) is 17.8 Å². The highest BCUT2D eigenvalue weighted by molar-refractivity contribution is 7.85. The first-order valence-corrected chi connectivity index (χ1v) is 17.6. The van der Waals surface area contributed by atoms with Gasteiger partial charge in [-0.3, -0.25) is 4.55 Å². The minimum absolute atomic E-state index is 0.0587. The molecule has 0 spiro atoms. The van der Waals surface area contributed by atoms with Crippen LogP contribution in [-0.4, -0.2) is 51.9 Å². The minimum atomic E-state index is -4.67. The molecule has 3 nitrogen and oxygen atoms in total. The molecule has 10 unspecified atom stereocenters. The second-order valence-electron chi connectivity index (χ2n) is 11.1. The van der Waals surface area contributed by atoms with Gasteiger partial charge in [0.2, 0.25) is 0 Å². The maximum Gasteiger partial charge on any atom is 0.294 e. The highest BCUT2D eigenvalue weighted by Gasteiger charge is 2.88. The van der Waals surface area contributed by atoms with E-state index in [1.165, 1.54) is 13.0 Å². The van der Waals surface area contributed by atoms with E-state index in [0.29, 0.717) is 11.1 Å². The van der Waals surface area contributed by atoms with E-state index < -0.39 is 72.7 Å². The van der Waals surface area contributed by atoms with E-state index in [4.69, 9.17) is 139 Å². The van der Waals surface area contributed by atoms with Gasteiger partial charge >= 0.3 is 0 Å². The lowest BCUT2D eigenvalue weighted by Crippen LogP contribution is -2.70. The maximum absolute atomic E-state index is 12.4. The predicted octanol–water partition coefficient (Wildman–Crippen LogP) is 9.65. The van der Waals surface area contributed by atoms with Crippen LogP contribution in [0.5, 0.6) is 0 Å². The van der Waals surface area contributed by atoms with Crippen molar-refractivity contribution in [1.82, 2.24) is 0 Å². The number of alkyl halides is 10. The van der Waals surface area contributed by atoms with Crippen LogP contribution in [0.15, 0.2) is 27.1 Å². The second-order valence-corrected chi connectivity index (χ2v) is 19.5. The third-order valence-corrected chi connectivity index (χ3v) is 19.1. The fourth-order valence-electron chi connectivity index (χ4n) is 7.98. The standard InChI is InChI=1S/C23H16Cl12O3S/c1-6-4-7-8(5-9(6)39(36,37)38)10-12(20(31)15(25)14(24)18(10,28)2-3-19(20,29)30)13-11(7)21(32)16(26)17(27)22(13,33)23(21,34)35/h4-5,10-15H,2-3H2,1H3,(H,36,37,38). The van der Waals surface area contributed by atoms with Crippen molar-refractivity contribution in [3.63, 3.8) is 0 Å². The number of hydrogen-bond acceptors (Lipinski definition) is 2. The summed E-state index contributed by atoms with van der Waals surface area (Å²) in [6.07, 6.45) is 0.240. The first kappa shape index (κ1) is 31.3. The normalized spacial score (nSPS) is 49.0. The molecule has 6 aliphatic rings. The molecular formula is C23H16Cl12O3S. The van der Waals surface area contributed by atoms with Gasteiger partial charge in [0.05, 0.1) is 35.5 Å². The van der Waals surface area contributed by atoms with Crippen molar-refractivity contribution >= 4 is 149 Å². The number of rotatable bonds is 1. The first-order valence-electron chi connectivity index (χ1n) is 11.6. The summed E-state index contributed by atoms with van der Waals surface area (Å²) >= 11 is 85.2. The van der Waals surface area contributed by atoms with Gasteiger partial charge in [-0.2, -0.15) is 8.42 Å². The number of fused-ring (bicyclic) bond motifs is 10. The molecule has 39 heavy (non-hydrogen) atoms. The van der Waals surface area contributed by atoms with Crippen LogP contribution in [0.25, 0.3) is 0 Å². The first-order chi connectivity index (χ1) is 17.6. The Labute approximate surface area is 285 Å². The Morgan fingerprint density at radius 2 is 1.33 bits per heavy atom. The average Bonchev–Trinajstić information content (AvgIpc) is 2.97. The lowest BCUT2D eigenvalue weighted by atomic mass is 9.50. The summed E-state index contributed by atoms with van der Waals surface area (Å²) < 4.78 is 31.3. The van der Waals surface area contributed by atoms with E-state index in [-0.39, 0.29) is 33.4 Å². The smallest absolute Gasteiger partial charge is 0.282 e. The van der Waals surface area contributed by atoms with Crippen molar-refractivity contribution in [2.75, 3.05) is 0 Å². The molecule has 0 radical (unpaired) electrons. The largest absolute Gasteiger partial charge is 0.294 e. The molecule has 4 bridgehead atoms. The zero-order valence-corrected chi connectivity index (χ0v) is 29.1. The minimum Gasteiger partial charge on any atom is -0.282 e. The summed E-state index contributed by atoms with van der Waals surface area (Å²) in [4.78, 5) is -7.01. The van der Waals surface area contributed by atoms with Crippen molar-refractivity contribution in [2.24, 2.45) is 11.8 Å². The van der Waals surface area contributed by atoms with Crippen LogP contribution in [-0.2, 0) is 10.1 Å². The molecule has 0 aromatic heterocycles. The molecular weight excluding hydrogens is 782 g/mol. The molecule has 16 heteroatoms. The van der Waals surface area contributed by atoms with Crippen LogP contribution < -0.4 is 0 Å². The van der Waals surface area contributed by atoms with Crippen LogP contribution in [0, 0.1) is 18.8 Å². The topological polar surface area (TPSA) is 54.4 Å². The fraction of sp³-hybridized carbons (Fsp3) is 0.652. The van der Waals surface area contributed by atoms with Crippen LogP contribution in [0.4, 0.5) is 0 Å². The van der Waals surface area contributed by atoms with Crippen LogP contribution in [0.1, 0.15) is 41.4 Å². The van der Waals surface area contributed by atoms with E-state index >= 15 is 0 Å². The van der Waals surface area contributed by atoms with E-state index in [0.717, 1.165) is 0 Å². The SMILES string of the molecule is Cc1cc2c(cc1S(=O)(=O)O)C1C(C3C2C2(Cl)C(Cl)=C(Cl)C3(Cl)C2(Cl)Cl)C2(Cl)C(Cl)C(Cl)C1(Cl)CCC2(Cl)Cl. The Hall–Kier alpha value is 2.35. The Bertz CT molecular complexity index is 1480. The number of halogens is 12. The summed E-state index contributed by atoms with van der Waals surface area (Å²) in [5.41, 5.74) is 1.12. The third kappa shape index (κ3) is 3.29. The average molecular weight is 798 g/mol. The molecule has 216 valence electrons. The molecule has 6 aliphatic carbocycles. The molecule has 4 fully saturated rings. The summed E-state index contributed by atoms with van der Waals surface area (Å²) in [6.45, 7) is 1.52. The van der Waals surface area contributed by atoms with Gasteiger partial charge in [0.1, 0.15) is 14.1 Å². The molecule has 0 aliphatic heterocycles. The maximum atomic E-state index is 12.4. The van der Waals surface area contributed by atoms with Crippen molar-refractivity contribution in [3.05, 3.63) is 38.9 Å². The van der Waals surface area contributed by atoms with Gasteiger partial charge < -0.3 is 0 Å². The van der Waals surface area contributed by atoms with Crippen molar-refractivity contribution in [2.45, 2.75) is 75.4 Å². The molecule has 1 N–H and O–H groups in total. The zero-order valence-electron chi connectivity index (χ0n) is 19.2. The van der Waals surface area contributed by atoms with Crippen LogP contribution in [0.3, 0.4) is 0 Å². The lowest BCUT2D eigenvalue weighted by Gasteiger charge is -2.63. The molecule has 0 saturated heterocycles. The third-order valence-electron chi connectivity index (χ3n) is 9.57. The quantitative estimate of drug-likeness (QED) is 0.228. The number of hydrogen-bond donors (Lipinski definition) is 1. The van der Waals surface area contributed by atoms with Crippen molar-refractivity contribution < 1.29 is 13.0 Å². The molecule has 0 heterocycles. The second kappa shape index (κ2) is 8.78. The Morgan fingerprint density at radius 1 is 0.795 bits per heavy atom. The molecule has 7 rings (SSSR count). The van der Waals surface area contributed by atoms with Crippen LogP contribution in [0.2, 0.25) is 0 Å². The number of benzene rings is 1. The van der Waals surface area contributed by atoms with Gasteiger partial charge in [0.15, 0.2) is 4.33 Å². The monoisotopic (exact) mass is 792 g/mol. The van der Waals surface area contributed by atoms with E-state index in [9.17, 15) is 13.0 Å². The molecule has 0 amide bonds. The Balaban J connectivity index is 1.81. The molecule has 4 saturated carbocycles. The van der Waals surface area contributed by atoms with Gasteiger partial charge in [-0.15, -0.1) is 69.6 Å². The molecule has 10 atom stereocenters. The summed E-state index contributed by atoms with van der Waals surface area (Å²) in [5, 5.41) is -2.21. The Kier molecular flexibility index (Phi) is 7.06. The van der Waals surface area contributed by atoms with Gasteiger partial charge in [0.25, 0.3) is 10.1 Å². The van der Waals surface area contributed by atoms with Crippen LogP contribution >= 0.6 is 139 Å². The molecule has 1 aromatic carbocycles. The molecule has 1 aromatic rings. The van der Waals surface area contributed by atoms with E-state index in [1.807, 2.05) is 0 Å². The summed E-state index contributed by atoms with van der Waals surface area (Å²) in [5.74, 6) is -3.58. The lowest BCUT2D eigenvalue weighted by molar-refractivity contribution is 0.100. The highest BCUT2D eigenvalue weighted by Crippen LogP contribution is 2.85. The number of allylic oxidation sites excluding steroid dienone is 2. The number of aryl methyl sites for hydroxylation is 1. The summed E-state index contributed by atoms with van der Waals surface area (Å²) in [7, 11) is -4.67. The van der Waals surface area contributed by atoms with E-state index in [2.05, 4.69) is 0 Å². The van der Waals surface area contributed by atoms with Crippen molar-refractivity contribution in [1.29, 1.82) is 0 Å². The zero-order chi connectivity index (χ0) is 29.3.